The Balaban J connectivity index is 2.39. The Kier molecular flexibility index (Phi) is 3.88. The zero-order chi connectivity index (χ0) is 13.0. The first-order valence-corrected chi connectivity index (χ1v) is 5.68. The van der Waals surface area contributed by atoms with Crippen LogP contribution in [-0.2, 0) is 15.9 Å². The summed E-state index contributed by atoms with van der Waals surface area (Å²) in [6.45, 7) is 0.648. The van der Waals surface area contributed by atoms with Crippen LogP contribution >= 0.6 is 0 Å². The number of carbonyl (C=O) groups is 1. The maximum Gasteiger partial charge on any atom is 0.355 e. The first-order valence-electron chi connectivity index (χ1n) is 5.68. The SMILES string of the molecule is COCCCc1nnc2cccc(C(=O)OC)n12. The predicted molar refractivity (Wildman–Crippen MR) is 64.5 cm³/mol. The second kappa shape index (κ2) is 5.59. The molecular formula is C12H15N3O3. The molecule has 2 aromatic heterocycles. The van der Waals surface area contributed by atoms with Gasteiger partial charge in [-0.3, -0.25) is 4.40 Å². The van der Waals surface area contributed by atoms with Crippen LogP contribution in [0.25, 0.3) is 5.65 Å². The van der Waals surface area contributed by atoms with Crippen LogP contribution in [0.1, 0.15) is 22.7 Å². The molecule has 2 aromatic rings. The van der Waals surface area contributed by atoms with E-state index in [1.54, 1.807) is 29.7 Å². The zero-order valence-corrected chi connectivity index (χ0v) is 10.4. The number of carbonyl (C=O) groups excluding carboxylic acids is 1. The lowest BCUT2D eigenvalue weighted by atomic mass is 10.3. The Bertz CT molecular complexity index is 550. The van der Waals surface area contributed by atoms with Gasteiger partial charge in [0.05, 0.1) is 7.11 Å². The van der Waals surface area contributed by atoms with Crippen LogP contribution in [0.4, 0.5) is 0 Å². The summed E-state index contributed by atoms with van der Waals surface area (Å²) in [5.41, 5.74) is 1.08. The molecular weight excluding hydrogens is 234 g/mol. The van der Waals surface area contributed by atoms with Crippen molar-refractivity contribution in [3.05, 3.63) is 29.7 Å². The number of nitrogens with zero attached hydrogens (tertiary/aromatic N) is 3. The topological polar surface area (TPSA) is 65.7 Å². The second-order valence-corrected chi connectivity index (χ2v) is 3.81. The van der Waals surface area contributed by atoms with Crippen molar-refractivity contribution in [1.82, 2.24) is 14.6 Å². The number of fused-ring (bicyclic) bond motifs is 1. The third kappa shape index (κ3) is 2.33. The van der Waals surface area contributed by atoms with E-state index < -0.39 is 5.97 Å². The van der Waals surface area contributed by atoms with Crippen molar-refractivity contribution in [3.8, 4) is 0 Å². The summed E-state index contributed by atoms with van der Waals surface area (Å²) in [5.74, 6) is 0.344. The Morgan fingerprint density at radius 2 is 2.17 bits per heavy atom. The summed E-state index contributed by atoms with van der Waals surface area (Å²) >= 11 is 0. The molecule has 6 nitrogen and oxygen atoms in total. The van der Waals surface area contributed by atoms with Crippen molar-refractivity contribution in [1.29, 1.82) is 0 Å². The number of aromatic nitrogens is 3. The molecule has 0 amide bonds. The lowest BCUT2D eigenvalue weighted by molar-refractivity contribution is 0.0592. The standard InChI is InChI=1S/C12H15N3O3/c1-17-8-4-7-11-14-13-10-6-3-5-9(15(10)11)12(16)18-2/h3,5-6H,4,7-8H2,1-2H3. The largest absolute Gasteiger partial charge is 0.464 e. The van der Waals surface area contributed by atoms with Crippen LogP contribution in [0.3, 0.4) is 0 Å². The van der Waals surface area contributed by atoms with E-state index >= 15 is 0 Å². The number of esters is 1. The van der Waals surface area contributed by atoms with E-state index in [-0.39, 0.29) is 0 Å². The fraction of sp³-hybridized carbons (Fsp3) is 0.417. The maximum atomic E-state index is 11.7. The van der Waals surface area contributed by atoms with Crippen molar-refractivity contribution >= 4 is 11.6 Å². The Hall–Kier alpha value is -1.95. The number of ether oxygens (including phenoxy) is 2. The molecule has 0 aliphatic heterocycles. The molecule has 18 heavy (non-hydrogen) atoms. The average Bonchev–Trinajstić information content (AvgIpc) is 2.81. The summed E-state index contributed by atoms with van der Waals surface area (Å²) < 4.78 is 11.5. The van der Waals surface area contributed by atoms with Gasteiger partial charge in [-0.15, -0.1) is 10.2 Å². The van der Waals surface area contributed by atoms with E-state index in [9.17, 15) is 4.79 Å². The molecule has 0 N–H and O–H groups in total. The molecule has 6 heteroatoms. The molecule has 2 heterocycles. The van der Waals surface area contributed by atoms with Gasteiger partial charge in [0.25, 0.3) is 0 Å². The third-order valence-corrected chi connectivity index (χ3v) is 2.64. The minimum atomic E-state index is -0.395. The average molecular weight is 249 g/mol. The van der Waals surface area contributed by atoms with Gasteiger partial charge >= 0.3 is 5.97 Å². The van der Waals surface area contributed by atoms with E-state index in [1.165, 1.54) is 7.11 Å². The summed E-state index contributed by atoms with van der Waals surface area (Å²) in [7, 11) is 3.01. The summed E-state index contributed by atoms with van der Waals surface area (Å²) in [5, 5.41) is 8.13. The molecule has 0 aromatic carbocycles. The van der Waals surface area contributed by atoms with Crippen LogP contribution in [-0.4, -0.2) is 41.4 Å². The van der Waals surface area contributed by atoms with Crippen molar-refractivity contribution < 1.29 is 14.3 Å². The number of hydrogen-bond donors (Lipinski definition) is 0. The first kappa shape index (κ1) is 12.5. The molecule has 0 fully saturated rings. The van der Waals surface area contributed by atoms with E-state index in [1.807, 2.05) is 0 Å². The number of methoxy groups -OCH3 is 2. The van der Waals surface area contributed by atoms with Gasteiger partial charge < -0.3 is 9.47 Å². The number of pyridine rings is 1. The van der Waals surface area contributed by atoms with Gasteiger partial charge in [0.1, 0.15) is 11.5 Å². The molecule has 0 spiro atoms. The quantitative estimate of drug-likeness (QED) is 0.586. The highest BCUT2D eigenvalue weighted by molar-refractivity contribution is 5.88. The van der Waals surface area contributed by atoms with E-state index in [0.29, 0.717) is 24.4 Å². The fourth-order valence-electron chi connectivity index (χ4n) is 1.80. The lowest BCUT2D eigenvalue weighted by Crippen LogP contribution is -2.10. The van der Waals surface area contributed by atoms with Gasteiger partial charge in [0, 0.05) is 20.1 Å². The fourth-order valence-corrected chi connectivity index (χ4v) is 1.80. The van der Waals surface area contributed by atoms with Gasteiger partial charge in [-0.1, -0.05) is 6.07 Å². The Labute approximate surface area is 105 Å². The number of rotatable bonds is 5. The molecule has 0 aliphatic carbocycles. The van der Waals surface area contributed by atoms with Crippen LogP contribution in [0.5, 0.6) is 0 Å². The molecule has 0 aliphatic rings. The molecule has 0 bridgehead atoms. The molecule has 2 rings (SSSR count). The highest BCUT2D eigenvalue weighted by Crippen LogP contribution is 2.11. The number of hydrogen-bond acceptors (Lipinski definition) is 5. The van der Waals surface area contributed by atoms with Gasteiger partial charge in [0.2, 0.25) is 0 Å². The lowest BCUT2D eigenvalue weighted by Gasteiger charge is -2.05. The Morgan fingerprint density at radius 3 is 2.89 bits per heavy atom. The van der Waals surface area contributed by atoms with E-state index in [0.717, 1.165) is 12.2 Å². The van der Waals surface area contributed by atoms with Gasteiger partial charge in [-0.25, -0.2) is 4.79 Å². The summed E-state index contributed by atoms with van der Waals surface area (Å²) in [4.78, 5) is 11.7. The van der Waals surface area contributed by atoms with Crippen molar-refractivity contribution in [2.75, 3.05) is 20.8 Å². The predicted octanol–water partition coefficient (Wildman–Crippen LogP) is 1.09. The van der Waals surface area contributed by atoms with E-state index in [4.69, 9.17) is 9.47 Å². The minimum Gasteiger partial charge on any atom is -0.464 e. The van der Waals surface area contributed by atoms with Crippen LogP contribution in [0.2, 0.25) is 0 Å². The van der Waals surface area contributed by atoms with Gasteiger partial charge in [-0.05, 0) is 18.6 Å². The second-order valence-electron chi connectivity index (χ2n) is 3.81. The normalized spacial score (nSPS) is 10.8. The first-order chi connectivity index (χ1) is 8.77. The van der Waals surface area contributed by atoms with Crippen molar-refractivity contribution in [2.24, 2.45) is 0 Å². The molecule has 0 radical (unpaired) electrons. The molecule has 0 saturated heterocycles. The summed E-state index contributed by atoms with van der Waals surface area (Å²) in [6.07, 6.45) is 1.52. The summed E-state index contributed by atoms with van der Waals surface area (Å²) in [6, 6.07) is 5.26. The van der Waals surface area contributed by atoms with Crippen LogP contribution in [0.15, 0.2) is 18.2 Å². The molecule has 0 saturated carbocycles. The highest BCUT2D eigenvalue weighted by Gasteiger charge is 2.14. The van der Waals surface area contributed by atoms with Crippen LogP contribution < -0.4 is 0 Å². The van der Waals surface area contributed by atoms with Gasteiger partial charge in [0.15, 0.2) is 5.65 Å². The van der Waals surface area contributed by atoms with Crippen molar-refractivity contribution in [3.63, 3.8) is 0 Å². The molecule has 96 valence electrons. The highest BCUT2D eigenvalue weighted by atomic mass is 16.5. The monoisotopic (exact) mass is 249 g/mol. The third-order valence-electron chi connectivity index (χ3n) is 2.64. The van der Waals surface area contributed by atoms with E-state index in [2.05, 4.69) is 10.2 Å². The zero-order valence-electron chi connectivity index (χ0n) is 10.4. The molecule has 0 unspecified atom stereocenters. The molecule has 0 atom stereocenters. The minimum absolute atomic E-state index is 0.395. The van der Waals surface area contributed by atoms with Gasteiger partial charge in [-0.2, -0.15) is 0 Å². The smallest absolute Gasteiger partial charge is 0.355 e. The van der Waals surface area contributed by atoms with Crippen LogP contribution in [0, 0.1) is 0 Å². The Morgan fingerprint density at radius 1 is 1.33 bits per heavy atom. The maximum absolute atomic E-state index is 11.7. The van der Waals surface area contributed by atoms with Crippen molar-refractivity contribution in [2.45, 2.75) is 12.8 Å². The number of aryl methyl sites for hydroxylation is 1.